The number of carbonyl (C=O) groups is 3. The van der Waals surface area contributed by atoms with Crippen LogP contribution in [0.15, 0.2) is 48.5 Å². The number of hydrogen-bond donors (Lipinski definition) is 3. The summed E-state index contributed by atoms with van der Waals surface area (Å²) < 4.78 is 4.95. The van der Waals surface area contributed by atoms with Crippen LogP contribution in [0.4, 0.5) is 11.4 Å². The predicted molar refractivity (Wildman–Crippen MR) is 94.4 cm³/mol. The average Bonchev–Trinajstić information content (AvgIpc) is 2.66. The van der Waals surface area contributed by atoms with E-state index in [0.717, 1.165) is 12.1 Å². The van der Waals surface area contributed by atoms with Gasteiger partial charge in [-0.15, -0.1) is 0 Å². The number of nitrogen functional groups attached to an aromatic ring is 1. The fraction of sp³-hybridized carbons (Fsp3) is 0.118. The Kier molecular flexibility index (Phi) is 6.05. The minimum Gasteiger partial charge on any atom is -0.449 e. The summed E-state index contributed by atoms with van der Waals surface area (Å²) in [5.41, 5.74) is 9.65. The number of nitro groups is 1. The SMILES string of the molecule is C[C@@H](OC(=O)c1cc([N+](=O)[O-])ccc1N)C(=O)NNC(=O)c1ccccc1. The summed E-state index contributed by atoms with van der Waals surface area (Å²) in [5, 5.41) is 10.8. The molecule has 0 spiro atoms. The smallest absolute Gasteiger partial charge is 0.341 e. The Morgan fingerprint density at radius 3 is 2.41 bits per heavy atom. The number of esters is 1. The van der Waals surface area contributed by atoms with E-state index in [4.69, 9.17) is 10.5 Å². The normalized spacial score (nSPS) is 11.1. The van der Waals surface area contributed by atoms with E-state index < -0.39 is 28.8 Å². The number of anilines is 1. The quantitative estimate of drug-likeness (QED) is 0.308. The Balaban J connectivity index is 1.96. The number of nitrogens with two attached hydrogens (primary N) is 1. The van der Waals surface area contributed by atoms with Crippen molar-refractivity contribution in [2.45, 2.75) is 13.0 Å². The first kappa shape index (κ1) is 19.4. The van der Waals surface area contributed by atoms with Crippen LogP contribution in [0.25, 0.3) is 0 Å². The first-order valence-corrected chi connectivity index (χ1v) is 7.69. The number of amides is 2. The lowest BCUT2D eigenvalue weighted by atomic mass is 10.1. The van der Waals surface area contributed by atoms with Crippen LogP contribution in [0.3, 0.4) is 0 Å². The van der Waals surface area contributed by atoms with E-state index in [2.05, 4.69) is 10.9 Å². The Bertz CT molecular complexity index is 884. The highest BCUT2D eigenvalue weighted by molar-refractivity contribution is 5.98. The van der Waals surface area contributed by atoms with E-state index in [-0.39, 0.29) is 16.9 Å². The average molecular weight is 372 g/mol. The molecule has 4 N–H and O–H groups in total. The van der Waals surface area contributed by atoms with Crippen molar-refractivity contribution in [3.63, 3.8) is 0 Å². The fourth-order valence-electron chi connectivity index (χ4n) is 1.99. The van der Waals surface area contributed by atoms with Crippen LogP contribution in [0.1, 0.15) is 27.6 Å². The van der Waals surface area contributed by atoms with Crippen LogP contribution >= 0.6 is 0 Å². The molecule has 0 aliphatic carbocycles. The highest BCUT2D eigenvalue weighted by Gasteiger charge is 2.22. The van der Waals surface area contributed by atoms with Crippen LogP contribution in [0, 0.1) is 10.1 Å². The number of non-ortho nitro benzene ring substituents is 1. The second-order valence-electron chi connectivity index (χ2n) is 5.39. The highest BCUT2D eigenvalue weighted by Crippen LogP contribution is 2.20. The van der Waals surface area contributed by atoms with Gasteiger partial charge >= 0.3 is 5.97 Å². The molecule has 2 rings (SSSR count). The summed E-state index contributed by atoms with van der Waals surface area (Å²) in [6.07, 6.45) is -1.28. The first-order valence-electron chi connectivity index (χ1n) is 7.69. The maximum atomic E-state index is 12.1. The summed E-state index contributed by atoms with van der Waals surface area (Å²) in [7, 11) is 0. The molecular formula is C17H16N4O6. The van der Waals surface area contributed by atoms with Crippen molar-refractivity contribution in [2.24, 2.45) is 0 Å². The minimum absolute atomic E-state index is 0.0319. The predicted octanol–water partition coefficient (Wildman–Crippen LogP) is 1.18. The molecule has 0 heterocycles. The minimum atomic E-state index is -1.28. The molecule has 0 fully saturated rings. The molecule has 0 aliphatic heterocycles. The molecule has 0 radical (unpaired) electrons. The molecule has 0 bridgehead atoms. The van der Waals surface area contributed by atoms with Crippen LogP contribution in [-0.4, -0.2) is 28.8 Å². The van der Waals surface area contributed by atoms with Crippen LogP contribution < -0.4 is 16.6 Å². The van der Waals surface area contributed by atoms with Crippen molar-refractivity contribution in [2.75, 3.05) is 5.73 Å². The topological polar surface area (TPSA) is 154 Å². The van der Waals surface area contributed by atoms with E-state index in [1.807, 2.05) is 0 Å². The van der Waals surface area contributed by atoms with Gasteiger partial charge in [-0.2, -0.15) is 0 Å². The second kappa shape index (κ2) is 8.43. The molecule has 10 nitrogen and oxygen atoms in total. The van der Waals surface area contributed by atoms with Gasteiger partial charge in [-0.3, -0.25) is 30.6 Å². The van der Waals surface area contributed by atoms with Crippen LogP contribution in [0.2, 0.25) is 0 Å². The van der Waals surface area contributed by atoms with E-state index in [1.165, 1.54) is 13.0 Å². The summed E-state index contributed by atoms with van der Waals surface area (Å²) >= 11 is 0. The molecule has 0 unspecified atom stereocenters. The summed E-state index contributed by atoms with van der Waals surface area (Å²) in [6, 6.07) is 11.4. The molecule has 0 saturated carbocycles. The zero-order valence-corrected chi connectivity index (χ0v) is 14.2. The Morgan fingerprint density at radius 2 is 1.78 bits per heavy atom. The van der Waals surface area contributed by atoms with E-state index >= 15 is 0 Å². The van der Waals surface area contributed by atoms with Gasteiger partial charge in [0, 0.05) is 23.4 Å². The Labute approximate surface area is 153 Å². The van der Waals surface area contributed by atoms with Crippen molar-refractivity contribution in [1.29, 1.82) is 0 Å². The summed E-state index contributed by atoms with van der Waals surface area (Å²) in [6.45, 7) is 1.27. The van der Waals surface area contributed by atoms with Crippen LogP contribution in [0.5, 0.6) is 0 Å². The number of nitrogens with one attached hydrogen (secondary N) is 2. The molecule has 2 aromatic rings. The van der Waals surface area contributed by atoms with Crippen molar-refractivity contribution in [1.82, 2.24) is 10.9 Å². The summed E-state index contributed by atoms with van der Waals surface area (Å²) in [4.78, 5) is 46.0. The number of nitro benzene ring substituents is 1. The third-order valence-electron chi connectivity index (χ3n) is 3.46. The molecule has 2 amide bonds. The van der Waals surface area contributed by atoms with Crippen LogP contribution in [-0.2, 0) is 9.53 Å². The third kappa shape index (κ3) is 5.01. The monoisotopic (exact) mass is 372 g/mol. The molecule has 0 saturated heterocycles. The van der Waals surface area contributed by atoms with E-state index in [1.54, 1.807) is 30.3 Å². The number of hydrogen-bond acceptors (Lipinski definition) is 7. The Hall–Kier alpha value is -3.95. The highest BCUT2D eigenvalue weighted by atomic mass is 16.6. The second-order valence-corrected chi connectivity index (χ2v) is 5.39. The number of benzene rings is 2. The van der Waals surface area contributed by atoms with Gasteiger partial charge in [-0.1, -0.05) is 18.2 Å². The van der Waals surface area contributed by atoms with Gasteiger partial charge in [-0.25, -0.2) is 4.79 Å². The molecule has 10 heteroatoms. The zero-order chi connectivity index (χ0) is 20.0. The molecule has 2 aromatic carbocycles. The van der Waals surface area contributed by atoms with Crippen molar-refractivity contribution < 1.29 is 24.0 Å². The number of ether oxygens (including phenoxy) is 1. The number of carbonyl (C=O) groups excluding carboxylic acids is 3. The molecule has 0 aromatic heterocycles. The maximum Gasteiger partial charge on any atom is 0.341 e. The molecule has 27 heavy (non-hydrogen) atoms. The lowest BCUT2D eigenvalue weighted by molar-refractivity contribution is -0.384. The van der Waals surface area contributed by atoms with Gasteiger partial charge in [0.1, 0.15) is 0 Å². The molecule has 1 atom stereocenters. The van der Waals surface area contributed by atoms with Crippen molar-refractivity contribution in [3.05, 3.63) is 69.8 Å². The van der Waals surface area contributed by atoms with Gasteiger partial charge in [-0.05, 0) is 25.1 Å². The number of nitrogens with zero attached hydrogens (tertiary/aromatic N) is 1. The number of hydrazine groups is 1. The van der Waals surface area contributed by atoms with Gasteiger partial charge in [0.2, 0.25) is 0 Å². The molecule has 140 valence electrons. The van der Waals surface area contributed by atoms with E-state index in [0.29, 0.717) is 5.56 Å². The van der Waals surface area contributed by atoms with Crippen molar-refractivity contribution in [3.8, 4) is 0 Å². The Morgan fingerprint density at radius 1 is 1.11 bits per heavy atom. The lowest BCUT2D eigenvalue weighted by Crippen LogP contribution is -2.46. The largest absolute Gasteiger partial charge is 0.449 e. The van der Waals surface area contributed by atoms with Gasteiger partial charge in [0.15, 0.2) is 6.10 Å². The standard InChI is InChI=1S/C17H16N4O6/c1-10(15(22)19-20-16(23)11-5-3-2-4-6-11)27-17(24)13-9-12(21(25)26)7-8-14(13)18/h2-10H,18H2,1H3,(H,19,22)(H,20,23)/t10-/m1/s1. The van der Waals surface area contributed by atoms with E-state index in [9.17, 15) is 24.5 Å². The number of rotatable bonds is 5. The lowest BCUT2D eigenvalue weighted by Gasteiger charge is -2.14. The fourth-order valence-corrected chi connectivity index (χ4v) is 1.99. The molecule has 0 aliphatic rings. The van der Waals surface area contributed by atoms with Crippen molar-refractivity contribution >= 4 is 29.2 Å². The van der Waals surface area contributed by atoms with Gasteiger partial charge in [0.25, 0.3) is 17.5 Å². The van der Waals surface area contributed by atoms with Gasteiger partial charge < -0.3 is 10.5 Å². The summed E-state index contributed by atoms with van der Waals surface area (Å²) in [5.74, 6) is -2.35. The zero-order valence-electron chi connectivity index (χ0n) is 14.2. The molecular weight excluding hydrogens is 356 g/mol. The third-order valence-corrected chi connectivity index (χ3v) is 3.46. The van der Waals surface area contributed by atoms with Gasteiger partial charge in [0.05, 0.1) is 10.5 Å². The maximum absolute atomic E-state index is 12.1. The first-order chi connectivity index (χ1) is 12.8.